The van der Waals surface area contributed by atoms with Crippen LogP contribution in [-0.2, 0) is 4.79 Å². The molecule has 2 N–H and O–H groups in total. The number of carbonyl (C=O) groups is 2. The number of carbonyl (C=O) groups excluding carboxylic acids is 2. The number of amides is 3. The third kappa shape index (κ3) is 3.30. The maximum atomic E-state index is 11.5. The molecule has 1 aliphatic carbocycles. The lowest BCUT2D eigenvalue weighted by atomic mass is 10.2. The van der Waals surface area contributed by atoms with Crippen molar-refractivity contribution >= 4 is 33.6 Å². The van der Waals surface area contributed by atoms with Crippen molar-refractivity contribution in [1.29, 1.82) is 0 Å². The minimum Gasteiger partial charge on any atom is -0.307 e. The number of nitrogens with one attached hydrogen (secondary N) is 2. The SMILES string of the molecule is Cc1ccc(NC(=O)NC(=O)C2CC2)c(Br)c1. The molecule has 3 amide bonds. The van der Waals surface area contributed by atoms with E-state index in [9.17, 15) is 9.59 Å². The lowest BCUT2D eigenvalue weighted by Gasteiger charge is -2.08. The van der Waals surface area contributed by atoms with Crippen LogP contribution in [0, 0.1) is 12.8 Å². The summed E-state index contributed by atoms with van der Waals surface area (Å²) in [4.78, 5) is 22.9. The second kappa shape index (κ2) is 4.87. The van der Waals surface area contributed by atoms with Crippen molar-refractivity contribution in [3.8, 4) is 0 Å². The summed E-state index contributed by atoms with van der Waals surface area (Å²) in [6, 6.07) is 5.11. The van der Waals surface area contributed by atoms with Gasteiger partial charge in [0.25, 0.3) is 0 Å². The van der Waals surface area contributed by atoms with Crippen LogP contribution in [0.4, 0.5) is 10.5 Å². The van der Waals surface area contributed by atoms with Crippen molar-refractivity contribution < 1.29 is 9.59 Å². The maximum absolute atomic E-state index is 11.5. The van der Waals surface area contributed by atoms with Crippen molar-refractivity contribution in [2.75, 3.05) is 5.32 Å². The van der Waals surface area contributed by atoms with Gasteiger partial charge in [0.15, 0.2) is 0 Å². The molecule has 17 heavy (non-hydrogen) atoms. The van der Waals surface area contributed by atoms with Crippen LogP contribution in [0.3, 0.4) is 0 Å². The highest BCUT2D eigenvalue weighted by Gasteiger charge is 2.30. The first-order valence-electron chi connectivity index (χ1n) is 5.44. The van der Waals surface area contributed by atoms with Gasteiger partial charge in [-0.1, -0.05) is 6.07 Å². The summed E-state index contributed by atoms with van der Waals surface area (Å²) in [5.74, 6) is -0.159. The van der Waals surface area contributed by atoms with Crippen LogP contribution in [0.25, 0.3) is 0 Å². The average molecular weight is 297 g/mol. The van der Waals surface area contributed by atoms with E-state index in [1.54, 1.807) is 6.07 Å². The minimum atomic E-state index is -0.480. The first-order chi connectivity index (χ1) is 8.06. The Kier molecular flexibility index (Phi) is 3.47. The van der Waals surface area contributed by atoms with Crippen LogP contribution >= 0.6 is 15.9 Å². The molecule has 1 saturated carbocycles. The van der Waals surface area contributed by atoms with Gasteiger partial charge in [-0.3, -0.25) is 10.1 Å². The van der Waals surface area contributed by atoms with Crippen LogP contribution in [0.1, 0.15) is 18.4 Å². The van der Waals surface area contributed by atoms with Gasteiger partial charge < -0.3 is 5.32 Å². The number of hydrogen-bond acceptors (Lipinski definition) is 2. The van der Waals surface area contributed by atoms with E-state index in [1.807, 2.05) is 19.1 Å². The fourth-order valence-corrected chi connectivity index (χ4v) is 2.03. The van der Waals surface area contributed by atoms with Crippen molar-refractivity contribution in [2.24, 2.45) is 5.92 Å². The Morgan fingerprint density at radius 2 is 2.06 bits per heavy atom. The smallest absolute Gasteiger partial charge is 0.307 e. The number of aryl methyl sites for hydroxylation is 1. The summed E-state index contributed by atoms with van der Waals surface area (Å²) < 4.78 is 0.798. The van der Waals surface area contributed by atoms with Crippen LogP contribution in [0.5, 0.6) is 0 Å². The first-order valence-corrected chi connectivity index (χ1v) is 6.23. The van der Waals surface area contributed by atoms with Crippen LogP contribution in [0.2, 0.25) is 0 Å². The molecule has 0 saturated heterocycles. The number of hydrogen-bond donors (Lipinski definition) is 2. The second-order valence-electron chi connectivity index (χ2n) is 4.20. The predicted octanol–water partition coefficient (Wildman–Crippen LogP) is 2.82. The minimum absolute atomic E-state index is 0.0298. The Morgan fingerprint density at radius 3 is 2.65 bits per heavy atom. The number of halogens is 1. The van der Waals surface area contributed by atoms with Gasteiger partial charge in [-0.15, -0.1) is 0 Å². The van der Waals surface area contributed by atoms with E-state index in [4.69, 9.17) is 0 Å². The molecule has 5 heteroatoms. The molecule has 90 valence electrons. The fraction of sp³-hybridized carbons (Fsp3) is 0.333. The average Bonchev–Trinajstić information content (AvgIpc) is 3.05. The van der Waals surface area contributed by atoms with Gasteiger partial charge in [0.2, 0.25) is 5.91 Å². The quantitative estimate of drug-likeness (QED) is 0.882. The van der Waals surface area contributed by atoms with Crippen molar-refractivity contribution in [3.05, 3.63) is 28.2 Å². The summed E-state index contributed by atoms with van der Waals surface area (Å²) >= 11 is 3.36. The summed E-state index contributed by atoms with van der Waals surface area (Å²) in [7, 11) is 0. The van der Waals surface area contributed by atoms with E-state index in [0.717, 1.165) is 22.9 Å². The monoisotopic (exact) mass is 296 g/mol. The lowest BCUT2D eigenvalue weighted by molar-refractivity contribution is -0.121. The van der Waals surface area contributed by atoms with Gasteiger partial charge in [-0.05, 0) is 53.4 Å². The zero-order chi connectivity index (χ0) is 12.4. The lowest BCUT2D eigenvalue weighted by Crippen LogP contribution is -2.35. The molecular weight excluding hydrogens is 284 g/mol. The van der Waals surface area contributed by atoms with Gasteiger partial charge in [0, 0.05) is 10.4 Å². The summed E-state index contributed by atoms with van der Waals surface area (Å²) in [5.41, 5.74) is 1.74. The van der Waals surface area contributed by atoms with Gasteiger partial charge in [-0.2, -0.15) is 0 Å². The highest BCUT2D eigenvalue weighted by Crippen LogP contribution is 2.29. The fourth-order valence-electron chi connectivity index (χ4n) is 1.43. The second-order valence-corrected chi connectivity index (χ2v) is 5.06. The molecule has 1 aromatic rings. The first kappa shape index (κ1) is 12.1. The highest BCUT2D eigenvalue weighted by atomic mass is 79.9. The van der Waals surface area contributed by atoms with Gasteiger partial charge >= 0.3 is 6.03 Å². The zero-order valence-electron chi connectivity index (χ0n) is 9.42. The Hall–Kier alpha value is -1.36. The molecule has 0 atom stereocenters. The molecule has 0 bridgehead atoms. The van der Waals surface area contributed by atoms with Crippen LogP contribution in [-0.4, -0.2) is 11.9 Å². The normalized spacial score (nSPS) is 14.2. The van der Waals surface area contributed by atoms with E-state index >= 15 is 0 Å². The molecule has 0 aliphatic heterocycles. The zero-order valence-corrected chi connectivity index (χ0v) is 11.0. The topological polar surface area (TPSA) is 58.2 Å². The van der Waals surface area contributed by atoms with E-state index in [2.05, 4.69) is 26.6 Å². The molecule has 0 aromatic heterocycles. The molecule has 2 rings (SSSR count). The van der Waals surface area contributed by atoms with E-state index in [-0.39, 0.29) is 11.8 Å². The third-order valence-electron chi connectivity index (χ3n) is 2.56. The largest absolute Gasteiger partial charge is 0.325 e. The van der Waals surface area contributed by atoms with Crippen molar-refractivity contribution in [2.45, 2.75) is 19.8 Å². The summed E-state index contributed by atoms with van der Waals surface area (Å²) in [6.07, 6.45) is 1.76. The molecule has 0 unspecified atom stereocenters. The highest BCUT2D eigenvalue weighted by molar-refractivity contribution is 9.10. The Labute approximate surface area is 108 Å². The van der Waals surface area contributed by atoms with Gasteiger partial charge in [0.1, 0.15) is 0 Å². The molecule has 4 nitrogen and oxygen atoms in total. The summed E-state index contributed by atoms with van der Waals surface area (Å²) in [6.45, 7) is 1.96. The number of rotatable bonds is 2. The molecular formula is C12H13BrN2O2. The number of urea groups is 1. The van der Waals surface area contributed by atoms with Gasteiger partial charge in [-0.25, -0.2) is 4.79 Å². The number of anilines is 1. The molecule has 0 spiro atoms. The van der Waals surface area contributed by atoms with Gasteiger partial charge in [0.05, 0.1) is 5.69 Å². The number of benzene rings is 1. The van der Waals surface area contributed by atoms with E-state index < -0.39 is 6.03 Å². The number of imide groups is 1. The molecule has 1 aromatic carbocycles. The van der Waals surface area contributed by atoms with Crippen molar-refractivity contribution in [3.63, 3.8) is 0 Å². The Morgan fingerprint density at radius 1 is 1.35 bits per heavy atom. The predicted molar refractivity (Wildman–Crippen MR) is 68.8 cm³/mol. The molecule has 0 heterocycles. The Balaban J connectivity index is 1.95. The standard InChI is InChI=1S/C12H13BrN2O2/c1-7-2-5-10(9(13)6-7)14-12(17)15-11(16)8-3-4-8/h2,5-6,8H,3-4H2,1H3,(H2,14,15,16,17). The molecule has 1 fully saturated rings. The van der Waals surface area contributed by atoms with E-state index in [1.165, 1.54) is 0 Å². The maximum Gasteiger partial charge on any atom is 0.325 e. The third-order valence-corrected chi connectivity index (χ3v) is 3.21. The van der Waals surface area contributed by atoms with Crippen molar-refractivity contribution in [1.82, 2.24) is 5.32 Å². The molecule has 0 radical (unpaired) electrons. The Bertz CT molecular complexity index is 470. The van der Waals surface area contributed by atoms with Crippen LogP contribution < -0.4 is 10.6 Å². The van der Waals surface area contributed by atoms with Crippen LogP contribution in [0.15, 0.2) is 22.7 Å². The van der Waals surface area contributed by atoms with E-state index in [0.29, 0.717) is 5.69 Å². The molecule has 1 aliphatic rings. The summed E-state index contributed by atoms with van der Waals surface area (Å²) in [5, 5.41) is 4.96.